The Bertz CT molecular complexity index is 482. The zero-order valence-corrected chi connectivity index (χ0v) is 10.8. The molecule has 1 rings (SSSR count). The summed E-state index contributed by atoms with van der Waals surface area (Å²) in [5, 5.41) is 11.2. The molecule has 0 aromatic carbocycles. The van der Waals surface area contributed by atoms with Crippen LogP contribution in [0.15, 0.2) is 24.4 Å². The lowest BCUT2D eigenvalue weighted by atomic mass is 9.99. The highest BCUT2D eigenvalue weighted by molar-refractivity contribution is 5.95. The van der Waals surface area contributed by atoms with Crippen molar-refractivity contribution in [3.05, 3.63) is 30.1 Å². The van der Waals surface area contributed by atoms with Crippen molar-refractivity contribution in [2.75, 3.05) is 7.11 Å². The first-order valence-electron chi connectivity index (χ1n) is 5.76. The molecule has 100 valence electrons. The molecule has 0 fully saturated rings. The first kappa shape index (κ1) is 14.6. The third kappa shape index (κ3) is 4.07. The first-order chi connectivity index (χ1) is 9.10. The zero-order valence-electron chi connectivity index (χ0n) is 10.8. The predicted molar refractivity (Wildman–Crippen MR) is 66.9 cm³/mol. The highest BCUT2D eigenvalue weighted by Crippen LogP contribution is 2.10. The van der Waals surface area contributed by atoms with Gasteiger partial charge >= 0.3 is 5.97 Å². The molecule has 1 aromatic rings. The number of hydrogen-bond acceptors (Lipinski definition) is 5. The topological polar surface area (TPSA) is 92.1 Å². The Morgan fingerprint density at radius 2 is 2.26 bits per heavy atom. The average molecular weight is 261 g/mol. The number of nitrogens with zero attached hydrogens (tertiary/aromatic N) is 2. The summed E-state index contributed by atoms with van der Waals surface area (Å²) in [6.07, 6.45) is 1.63. The fraction of sp³-hybridized carbons (Fsp3) is 0.385. The molecular formula is C13H15N3O3. The Labute approximate surface area is 111 Å². The Morgan fingerprint density at radius 3 is 2.79 bits per heavy atom. The van der Waals surface area contributed by atoms with Crippen LogP contribution in [0.5, 0.6) is 0 Å². The van der Waals surface area contributed by atoms with Crippen LogP contribution in [0.2, 0.25) is 0 Å². The van der Waals surface area contributed by atoms with E-state index >= 15 is 0 Å². The monoisotopic (exact) mass is 261 g/mol. The number of rotatable bonds is 5. The SMILES string of the molecule is COC(=O)[C@H](NC(=O)c1ccccn1)[C@@H](C)CC#N. The summed E-state index contributed by atoms with van der Waals surface area (Å²) in [7, 11) is 1.24. The summed E-state index contributed by atoms with van der Waals surface area (Å²) >= 11 is 0. The Hall–Kier alpha value is -2.42. The lowest BCUT2D eigenvalue weighted by Crippen LogP contribution is -2.46. The Morgan fingerprint density at radius 1 is 1.53 bits per heavy atom. The number of nitriles is 1. The molecule has 0 radical (unpaired) electrons. The highest BCUT2D eigenvalue weighted by Gasteiger charge is 2.28. The molecular weight excluding hydrogens is 246 g/mol. The van der Waals surface area contributed by atoms with E-state index in [2.05, 4.69) is 15.0 Å². The van der Waals surface area contributed by atoms with E-state index in [1.807, 2.05) is 6.07 Å². The molecule has 0 aliphatic rings. The van der Waals surface area contributed by atoms with Gasteiger partial charge in [0.1, 0.15) is 11.7 Å². The second-order valence-electron chi connectivity index (χ2n) is 4.03. The van der Waals surface area contributed by atoms with Crippen LogP contribution < -0.4 is 5.32 Å². The minimum atomic E-state index is -0.862. The van der Waals surface area contributed by atoms with E-state index in [9.17, 15) is 9.59 Å². The van der Waals surface area contributed by atoms with Crippen LogP contribution in [0.1, 0.15) is 23.8 Å². The van der Waals surface area contributed by atoms with Gasteiger partial charge in [-0.2, -0.15) is 5.26 Å². The summed E-state index contributed by atoms with van der Waals surface area (Å²) in [4.78, 5) is 27.4. The quantitative estimate of drug-likeness (QED) is 0.795. The van der Waals surface area contributed by atoms with Crippen molar-refractivity contribution in [2.45, 2.75) is 19.4 Å². The van der Waals surface area contributed by atoms with Gasteiger partial charge < -0.3 is 10.1 Å². The number of esters is 1. The van der Waals surface area contributed by atoms with E-state index in [0.717, 1.165) is 0 Å². The molecule has 0 aliphatic heterocycles. The molecule has 19 heavy (non-hydrogen) atoms. The van der Waals surface area contributed by atoms with E-state index in [0.29, 0.717) is 0 Å². The van der Waals surface area contributed by atoms with Gasteiger partial charge in [-0.3, -0.25) is 9.78 Å². The molecule has 2 atom stereocenters. The van der Waals surface area contributed by atoms with Gasteiger partial charge in [0.15, 0.2) is 0 Å². The largest absolute Gasteiger partial charge is 0.467 e. The molecule has 0 spiro atoms. The van der Waals surface area contributed by atoms with Crippen LogP contribution in [-0.2, 0) is 9.53 Å². The molecule has 1 amide bonds. The normalized spacial score (nSPS) is 12.9. The minimum absolute atomic E-state index is 0.141. The van der Waals surface area contributed by atoms with Crippen LogP contribution >= 0.6 is 0 Å². The van der Waals surface area contributed by atoms with Gasteiger partial charge in [-0.05, 0) is 12.1 Å². The Kier molecular flexibility index (Phi) is 5.48. The first-order valence-corrected chi connectivity index (χ1v) is 5.76. The van der Waals surface area contributed by atoms with Crippen LogP contribution in [0.4, 0.5) is 0 Å². The zero-order chi connectivity index (χ0) is 14.3. The molecule has 0 unspecified atom stereocenters. The summed E-state index contributed by atoms with van der Waals surface area (Å²) in [5.41, 5.74) is 0.209. The van der Waals surface area contributed by atoms with E-state index in [-0.39, 0.29) is 18.0 Å². The maximum atomic E-state index is 11.9. The van der Waals surface area contributed by atoms with Gasteiger partial charge in [0.05, 0.1) is 13.2 Å². The molecule has 1 heterocycles. The van der Waals surface area contributed by atoms with Crippen molar-refractivity contribution in [2.24, 2.45) is 5.92 Å². The van der Waals surface area contributed by atoms with Crippen LogP contribution in [0.25, 0.3) is 0 Å². The number of hydrogen-bond donors (Lipinski definition) is 1. The van der Waals surface area contributed by atoms with Gasteiger partial charge in [0, 0.05) is 18.5 Å². The number of carbonyl (C=O) groups excluding carboxylic acids is 2. The summed E-state index contributed by atoms with van der Waals surface area (Å²) in [6, 6.07) is 6.01. The molecule has 0 saturated carbocycles. The highest BCUT2D eigenvalue weighted by atomic mass is 16.5. The summed E-state index contributed by atoms with van der Waals surface area (Å²) < 4.78 is 4.63. The molecule has 1 N–H and O–H groups in total. The predicted octanol–water partition coefficient (Wildman–Crippen LogP) is 0.903. The Balaban J connectivity index is 2.81. The maximum Gasteiger partial charge on any atom is 0.328 e. The van der Waals surface area contributed by atoms with Crippen LogP contribution in [0.3, 0.4) is 0 Å². The van der Waals surface area contributed by atoms with Crippen molar-refractivity contribution in [1.82, 2.24) is 10.3 Å². The molecule has 1 aromatic heterocycles. The van der Waals surface area contributed by atoms with Crippen molar-refractivity contribution in [3.8, 4) is 6.07 Å². The summed E-state index contributed by atoms with van der Waals surface area (Å²) in [5.74, 6) is -1.39. The number of pyridine rings is 1. The number of methoxy groups -OCH3 is 1. The molecule has 0 saturated heterocycles. The second kappa shape index (κ2) is 7.11. The third-order valence-electron chi connectivity index (χ3n) is 2.62. The van der Waals surface area contributed by atoms with Crippen LogP contribution in [0, 0.1) is 17.2 Å². The number of ether oxygens (including phenoxy) is 1. The lowest BCUT2D eigenvalue weighted by molar-refractivity contribution is -0.144. The fourth-order valence-electron chi connectivity index (χ4n) is 1.53. The lowest BCUT2D eigenvalue weighted by Gasteiger charge is -2.20. The fourth-order valence-corrected chi connectivity index (χ4v) is 1.53. The van der Waals surface area contributed by atoms with Crippen molar-refractivity contribution in [1.29, 1.82) is 5.26 Å². The van der Waals surface area contributed by atoms with Crippen molar-refractivity contribution >= 4 is 11.9 Å². The van der Waals surface area contributed by atoms with Crippen LogP contribution in [-0.4, -0.2) is 30.0 Å². The van der Waals surface area contributed by atoms with Gasteiger partial charge in [-0.15, -0.1) is 0 Å². The van der Waals surface area contributed by atoms with E-state index in [1.165, 1.54) is 13.3 Å². The minimum Gasteiger partial charge on any atom is -0.467 e. The molecule has 6 heteroatoms. The number of amides is 1. The smallest absolute Gasteiger partial charge is 0.328 e. The second-order valence-corrected chi connectivity index (χ2v) is 4.03. The van der Waals surface area contributed by atoms with Gasteiger partial charge in [-0.1, -0.05) is 13.0 Å². The number of carbonyl (C=O) groups is 2. The van der Waals surface area contributed by atoms with Gasteiger partial charge in [0.25, 0.3) is 5.91 Å². The number of nitrogens with one attached hydrogen (secondary N) is 1. The standard InChI is InChI=1S/C13H15N3O3/c1-9(6-7-14)11(13(18)19-2)16-12(17)10-5-3-4-8-15-10/h3-5,8-9,11H,6H2,1-2H3,(H,16,17)/t9-,11+/m0/s1. The van der Waals surface area contributed by atoms with Gasteiger partial charge in [-0.25, -0.2) is 4.79 Å². The van der Waals surface area contributed by atoms with Gasteiger partial charge in [0.2, 0.25) is 0 Å². The van der Waals surface area contributed by atoms with Crippen molar-refractivity contribution in [3.63, 3.8) is 0 Å². The molecule has 6 nitrogen and oxygen atoms in total. The third-order valence-corrected chi connectivity index (χ3v) is 2.62. The summed E-state index contributed by atoms with van der Waals surface area (Å²) in [6.45, 7) is 1.70. The van der Waals surface area contributed by atoms with E-state index in [4.69, 9.17) is 5.26 Å². The van der Waals surface area contributed by atoms with E-state index < -0.39 is 17.9 Å². The average Bonchev–Trinajstić information content (AvgIpc) is 2.44. The maximum absolute atomic E-state index is 11.9. The van der Waals surface area contributed by atoms with Crippen molar-refractivity contribution < 1.29 is 14.3 Å². The molecule has 0 bridgehead atoms. The van der Waals surface area contributed by atoms with E-state index in [1.54, 1.807) is 25.1 Å². The number of aromatic nitrogens is 1. The molecule has 0 aliphatic carbocycles.